The zero-order valence-electron chi connectivity index (χ0n) is 14.1. The molecule has 1 aromatic rings. The van der Waals surface area contributed by atoms with Gasteiger partial charge in [-0.2, -0.15) is 0 Å². The lowest BCUT2D eigenvalue weighted by atomic mass is 9.52. The van der Waals surface area contributed by atoms with Crippen molar-refractivity contribution in [2.75, 3.05) is 0 Å². The van der Waals surface area contributed by atoms with E-state index in [0.717, 1.165) is 5.56 Å². The van der Waals surface area contributed by atoms with Crippen LogP contribution in [-0.4, -0.2) is 10.9 Å². The Kier molecular flexibility index (Phi) is 4.29. The molecular formula is C20H29NO. The van der Waals surface area contributed by atoms with Crippen LogP contribution in [0.1, 0.15) is 76.3 Å². The molecule has 2 nitrogen and oxygen atoms in total. The second-order valence-corrected chi connectivity index (χ2v) is 7.74. The summed E-state index contributed by atoms with van der Waals surface area (Å²) in [6.45, 7) is 4.22. The maximum Gasteiger partial charge on any atom is 0.0836 e. The predicted octanol–water partition coefficient (Wildman–Crippen LogP) is 5.57. The summed E-state index contributed by atoms with van der Waals surface area (Å²) in [4.78, 5) is 0. The minimum atomic E-state index is 0.637. The van der Waals surface area contributed by atoms with Gasteiger partial charge >= 0.3 is 0 Å². The fourth-order valence-corrected chi connectivity index (χ4v) is 4.63. The van der Waals surface area contributed by atoms with Gasteiger partial charge in [0.1, 0.15) is 0 Å². The highest BCUT2D eigenvalue weighted by Crippen LogP contribution is 2.59. The molecule has 2 bridgehead atoms. The normalized spacial score (nSPS) is 31.5. The third-order valence-electron chi connectivity index (χ3n) is 6.77. The molecule has 120 valence electrons. The van der Waals surface area contributed by atoms with Crippen molar-refractivity contribution in [1.29, 1.82) is 0 Å². The van der Waals surface area contributed by atoms with Crippen LogP contribution in [0.25, 0.3) is 0 Å². The molecule has 3 fully saturated rings. The SMILES string of the molecule is CCC12CCC(CCc3ccc(/C(C)=N/O)cc3)(CC1)CC2. The van der Waals surface area contributed by atoms with Gasteiger partial charge in [-0.1, -0.05) is 42.8 Å². The Morgan fingerprint density at radius 1 is 1.00 bits per heavy atom. The van der Waals surface area contributed by atoms with E-state index in [-0.39, 0.29) is 0 Å². The van der Waals surface area contributed by atoms with Gasteiger partial charge in [-0.25, -0.2) is 0 Å². The van der Waals surface area contributed by atoms with Crippen LogP contribution in [0.3, 0.4) is 0 Å². The number of aryl methyl sites for hydroxylation is 1. The maximum atomic E-state index is 8.83. The number of hydrogen-bond acceptors (Lipinski definition) is 2. The first-order valence-corrected chi connectivity index (χ1v) is 8.88. The van der Waals surface area contributed by atoms with E-state index < -0.39 is 0 Å². The Hall–Kier alpha value is -1.31. The summed E-state index contributed by atoms with van der Waals surface area (Å²) in [6.07, 6.45) is 12.7. The second-order valence-electron chi connectivity index (χ2n) is 7.74. The van der Waals surface area contributed by atoms with Crippen molar-refractivity contribution in [2.45, 2.75) is 71.6 Å². The Labute approximate surface area is 134 Å². The standard InChI is InChI=1S/C20H29NO/c1-3-19-10-13-20(14-11-19,15-12-19)9-8-17-4-6-18(7-5-17)16(2)21-22/h4-7,22H,3,8-15H2,1-2H3/b21-16+. The first kappa shape index (κ1) is 15.6. The average molecular weight is 299 g/mol. The van der Waals surface area contributed by atoms with Gasteiger partial charge in [0.25, 0.3) is 0 Å². The first-order chi connectivity index (χ1) is 10.6. The van der Waals surface area contributed by atoms with Crippen LogP contribution in [0.15, 0.2) is 29.4 Å². The van der Waals surface area contributed by atoms with Gasteiger partial charge in [-0.05, 0) is 80.2 Å². The molecule has 3 saturated carbocycles. The molecule has 0 aliphatic heterocycles. The van der Waals surface area contributed by atoms with Crippen LogP contribution in [0.5, 0.6) is 0 Å². The highest BCUT2D eigenvalue weighted by Gasteiger charge is 2.46. The maximum absolute atomic E-state index is 8.83. The van der Waals surface area contributed by atoms with Crippen molar-refractivity contribution in [1.82, 2.24) is 0 Å². The van der Waals surface area contributed by atoms with Crippen LogP contribution in [-0.2, 0) is 6.42 Å². The number of oxime groups is 1. The molecule has 1 N–H and O–H groups in total. The Balaban J connectivity index is 1.59. The third kappa shape index (κ3) is 2.93. The highest BCUT2D eigenvalue weighted by atomic mass is 16.4. The number of hydrogen-bond donors (Lipinski definition) is 1. The van der Waals surface area contributed by atoms with Gasteiger partial charge in [0.2, 0.25) is 0 Å². The topological polar surface area (TPSA) is 32.6 Å². The van der Waals surface area contributed by atoms with E-state index in [4.69, 9.17) is 5.21 Å². The van der Waals surface area contributed by atoms with Crippen LogP contribution in [0.2, 0.25) is 0 Å². The van der Waals surface area contributed by atoms with E-state index in [2.05, 4.69) is 36.3 Å². The summed E-state index contributed by atoms with van der Waals surface area (Å²) in [5, 5.41) is 12.1. The smallest absolute Gasteiger partial charge is 0.0836 e. The van der Waals surface area contributed by atoms with E-state index in [1.165, 1.54) is 63.4 Å². The molecule has 0 atom stereocenters. The molecule has 0 spiro atoms. The molecule has 0 aromatic heterocycles. The highest BCUT2D eigenvalue weighted by molar-refractivity contribution is 5.98. The summed E-state index contributed by atoms with van der Waals surface area (Å²) in [7, 11) is 0. The third-order valence-corrected chi connectivity index (χ3v) is 6.77. The first-order valence-electron chi connectivity index (χ1n) is 8.88. The zero-order valence-corrected chi connectivity index (χ0v) is 14.1. The largest absolute Gasteiger partial charge is 0.411 e. The molecule has 4 rings (SSSR count). The van der Waals surface area contributed by atoms with Gasteiger partial charge in [-0.3, -0.25) is 0 Å². The second kappa shape index (κ2) is 6.06. The number of rotatable bonds is 5. The van der Waals surface area contributed by atoms with Crippen molar-refractivity contribution < 1.29 is 5.21 Å². The van der Waals surface area contributed by atoms with Gasteiger partial charge in [-0.15, -0.1) is 0 Å². The van der Waals surface area contributed by atoms with Crippen LogP contribution < -0.4 is 0 Å². The Morgan fingerprint density at radius 2 is 1.55 bits per heavy atom. The molecule has 0 radical (unpaired) electrons. The van der Waals surface area contributed by atoms with E-state index >= 15 is 0 Å². The quantitative estimate of drug-likeness (QED) is 0.430. The molecular weight excluding hydrogens is 270 g/mol. The van der Waals surface area contributed by atoms with E-state index in [0.29, 0.717) is 16.5 Å². The Morgan fingerprint density at radius 3 is 2.05 bits per heavy atom. The van der Waals surface area contributed by atoms with Crippen LogP contribution >= 0.6 is 0 Å². The lowest BCUT2D eigenvalue weighted by molar-refractivity contribution is -0.0162. The molecule has 3 aliphatic carbocycles. The van der Waals surface area contributed by atoms with E-state index in [9.17, 15) is 0 Å². The molecule has 2 heteroatoms. The number of benzene rings is 1. The lowest BCUT2D eigenvalue weighted by Crippen LogP contribution is -2.41. The fourth-order valence-electron chi connectivity index (χ4n) is 4.63. The zero-order chi connectivity index (χ0) is 15.6. The van der Waals surface area contributed by atoms with E-state index in [1.54, 1.807) is 0 Å². The van der Waals surface area contributed by atoms with Crippen molar-refractivity contribution >= 4 is 5.71 Å². The summed E-state index contributed by atoms with van der Waals surface area (Å²) < 4.78 is 0. The van der Waals surface area contributed by atoms with Crippen molar-refractivity contribution in [2.24, 2.45) is 16.0 Å². The minimum Gasteiger partial charge on any atom is -0.411 e. The van der Waals surface area contributed by atoms with Crippen molar-refractivity contribution in [3.63, 3.8) is 0 Å². The molecule has 0 heterocycles. The van der Waals surface area contributed by atoms with Crippen molar-refractivity contribution in [3.05, 3.63) is 35.4 Å². The van der Waals surface area contributed by atoms with Gasteiger partial charge in [0, 0.05) is 0 Å². The summed E-state index contributed by atoms with van der Waals surface area (Å²) in [6, 6.07) is 8.54. The molecule has 3 aliphatic rings. The van der Waals surface area contributed by atoms with Gasteiger partial charge in [0.05, 0.1) is 5.71 Å². The molecule has 0 unspecified atom stereocenters. The van der Waals surface area contributed by atoms with Gasteiger partial charge < -0.3 is 5.21 Å². The minimum absolute atomic E-state index is 0.637. The molecule has 22 heavy (non-hydrogen) atoms. The van der Waals surface area contributed by atoms with Crippen LogP contribution in [0.4, 0.5) is 0 Å². The van der Waals surface area contributed by atoms with E-state index in [1.807, 2.05) is 6.92 Å². The summed E-state index contributed by atoms with van der Waals surface area (Å²) in [5.41, 5.74) is 4.46. The monoisotopic (exact) mass is 299 g/mol. The summed E-state index contributed by atoms with van der Waals surface area (Å²) in [5.74, 6) is 0. The Bertz CT molecular complexity index is 519. The number of nitrogens with zero attached hydrogens (tertiary/aromatic N) is 1. The van der Waals surface area contributed by atoms with Crippen molar-refractivity contribution in [3.8, 4) is 0 Å². The molecule has 1 aromatic carbocycles. The number of fused-ring (bicyclic) bond motifs is 3. The molecule has 0 saturated heterocycles. The fraction of sp³-hybridized carbons (Fsp3) is 0.650. The molecule has 0 amide bonds. The van der Waals surface area contributed by atoms with Gasteiger partial charge in [0.15, 0.2) is 0 Å². The lowest BCUT2D eigenvalue weighted by Gasteiger charge is -2.53. The predicted molar refractivity (Wildman–Crippen MR) is 91.6 cm³/mol. The summed E-state index contributed by atoms with van der Waals surface area (Å²) >= 11 is 0. The van der Waals surface area contributed by atoms with Crippen LogP contribution in [0, 0.1) is 10.8 Å². The average Bonchev–Trinajstić information content (AvgIpc) is 2.61.